The van der Waals surface area contributed by atoms with Crippen molar-refractivity contribution in [1.82, 2.24) is 9.71 Å². The predicted octanol–water partition coefficient (Wildman–Crippen LogP) is 3.68. The lowest BCUT2D eigenvalue weighted by Gasteiger charge is -2.13. The number of fused-ring (bicyclic) bond motifs is 2. The zero-order valence-electron chi connectivity index (χ0n) is 16.6. The second-order valence-corrected chi connectivity index (χ2v) is 8.19. The van der Waals surface area contributed by atoms with Crippen LogP contribution in [-0.2, 0) is 11.4 Å². The van der Waals surface area contributed by atoms with Gasteiger partial charge in [0.25, 0.3) is 0 Å². The first-order chi connectivity index (χ1) is 14.4. The number of carbonyl (C=O) groups is 1. The summed E-state index contributed by atoms with van der Waals surface area (Å²) in [5, 5.41) is 10.8. The molecule has 1 amide bonds. The van der Waals surface area contributed by atoms with Crippen LogP contribution in [0.3, 0.4) is 0 Å². The Labute approximate surface area is 176 Å². The molecule has 0 saturated heterocycles. The van der Waals surface area contributed by atoms with E-state index in [2.05, 4.69) is 15.8 Å². The van der Waals surface area contributed by atoms with E-state index in [9.17, 15) is 14.6 Å². The average Bonchev–Trinajstić information content (AvgIpc) is 3.15. The fraction of sp³-hybridized carbons (Fsp3) is 0.136. The Morgan fingerprint density at radius 2 is 2.00 bits per heavy atom. The molecule has 0 bridgehead atoms. The minimum Gasteiger partial charge on any atom is -0.588 e. The van der Waals surface area contributed by atoms with E-state index in [0.717, 1.165) is 11.1 Å². The number of pyridine rings is 1. The molecule has 2 aromatic heterocycles. The van der Waals surface area contributed by atoms with E-state index in [0.29, 0.717) is 32.6 Å². The Morgan fingerprint density at radius 3 is 2.73 bits per heavy atom. The highest BCUT2D eigenvalue weighted by molar-refractivity contribution is 7.90. The number of nitriles is 1. The Kier molecular flexibility index (Phi) is 5.08. The van der Waals surface area contributed by atoms with Crippen LogP contribution in [0.4, 0.5) is 5.69 Å². The van der Waals surface area contributed by atoms with E-state index in [1.54, 1.807) is 29.2 Å². The number of aryl methyl sites for hydroxylation is 1. The van der Waals surface area contributed by atoms with Gasteiger partial charge in [-0.1, -0.05) is 18.2 Å². The first-order valence-electron chi connectivity index (χ1n) is 9.11. The number of hydrogen-bond acceptors (Lipinski definition) is 6. The van der Waals surface area contributed by atoms with Gasteiger partial charge in [-0.3, -0.25) is 4.79 Å². The second-order valence-electron chi connectivity index (χ2n) is 7.00. The molecule has 4 aromatic rings. The molecule has 0 spiro atoms. The van der Waals surface area contributed by atoms with Crippen molar-refractivity contribution in [2.24, 2.45) is 0 Å². The number of benzene rings is 2. The van der Waals surface area contributed by atoms with Crippen LogP contribution in [0.1, 0.15) is 21.8 Å². The number of hydrogen-bond donors (Lipinski definition) is 1. The van der Waals surface area contributed by atoms with E-state index >= 15 is 0 Å². The zero-order chi connectivity index (χ0) is 21.4. The minimum absolute atomic E-state index is 0.0162. The number of amides is 1. The van der Waals surface area contributed by atoms with Gasteiger partial charge in [0, 0.05) is 36.6 Å². The molecule has 2 aromatic carbocycles. The summed E-state index contributed by atoms with van der Waals surface area (Å²) in [6, 6.07) is 16.1. The van der Waals surface area contributed by atoms with E-state index < -0.39 is 17.3 Å². The predicted molar refractivity (Wildman–Crippen MR) is 116 cm³/mol. The van der Waals surface area contributed by atoms with Crippen LogP contribution in [0.2, 0.25) is 0 Å². The topological polar surface area (TPSA) is 105 Å². The van der Waals surface area contributed by atoms with Crippen LogP contribution in [0, 0.1) is 18.3 Å². The van der Waals surface area contributed by atoms with Gasteiger partial charge in [-0.2, -0.15) is 9.98 Å². The number of para-hydroxylation sites is 1. The molecule has 0 saturated carbocycles. The number of nitrogens with zero attached hydrogens (tertiary/aromatic N) is 3. The molecule has 30 heavy (non-hydrogen) atoms. The molecule has 0 aliphatic rings. The fourth-order valence-corrected chi connectivity index (χ4v) is 4.12. The van der Waals surface area contributed by atoms with Gasteiger partial charge >= 0.3 is 5.91 Å². The molecule has 4 rings (SSSR count). The van der Waals surface area contributed by atoms with Gasteiger partial charge in [0.15, 0.2) is 5.76 Å². The van der Waals surface area contributed by atoms with Crippen molar-refractivity contribution in [3.8, 4) is 6.07 Å². The van der Waals surface area contributed by atoms with Crippen LogP contribution in [0.5, 0.6) is 0 Å². The van der Waals surface area contributed by atoms with Gasteiger partial charge < -0.3 is 13.9 Å². The third kappa shape index (κ3) is 3.56. The smallest absolute Gasteiger partial charge is 0.328 e. The lowest BCUT2D eigenvalue weighted by Crippen LogP contribution is -2.30. The van der Waals surface area contributed by atoms with Gasteiger partial charge in [-0.25, -0.2) is 4.98 Å². The van der Waals surface area contributed by atoms with Gasteiger partial charge in [0.05, 0.1) is 11.3 Å². The number of anilines is 1. The standard InChI is InChI=1S/C22H18N4O3S/c1-13-7-8-14-5-4-6-20(21(14)24-13)30(28)25-22(27)19-10-15-9-16(12-23)17(26(2)3)11-18(15)29-19/h4-11H,1-3H3,(H,25,27). The Bertz CT molecular complexity index is 1320. The highest BCUT2D eigenvalue weighted by Gasteiger charge is 2.23. The third-order valence-corrected chi connectivity index (χ3v) is 5.77. The summed E-state index contributed by atoms with van der Waals surface area (Å²) in [7, 11) is 3.64. The molecule has 0 aliphatic heterocycles. The molecule has 1 unspecified atom stereocenters. The van der Waals surface area contributed by atoms with Crippen molar-refractivity contribution in [2.45, 2.75) is 11.8 Å². The van der Waals surface area contributed by atoms with Crippen LogP contribution in [0.15, 0.2) is 57.8 Å². The van der Waals surface area contributed by atoms with Crippen molar-refractivity contribution in [2.75, 3.05) is 19.0 Å². The lowest BCUT2D eigenvalue weighted by atomic mass is 10.1. The van der Waals surface area contributed by atoms with E-state index in [1.807, 2.05) is 39.2 Å². The molecular formula is C22H18N4O3S. The molecular weight excluding hydrogens is 400 g/mol. The maximum absolute atomic E-state index is 12.9. The van der Waals surface area contributed by atoms with Gasteiger partial charge in [0.2, 0.25) is 4.90 Å². The quantitative estimate of drug-likeness (QED) is 0.507. The summed E-state index contributed by atoms with van der Waals surface area (Å²) in [5.41, 5.74) is 3.00. The van der Waals surface area contributed by atoms with Crippen molar-refractivity contribution < 1.29 is 13.8 Å². The Balaban J connectivity index is 1.65. The maximum atomic E-state index is 12.9. The zero-order valence-corrected chi connectivity index (χ0v) is 17.4. The monoisotopic (exact) mass is 418 g/mol. The van der Waals surface area contributed by atoms with Crippen LogP contribution in [0.25, 0.3) is 21.9 Å². The van der Waals surface area contributed by atoms with Crippen molar-refractivity contribution in [1.29, 1.82) is 5.26 Å². The van der Waals surface area contributed by atoms with Crippen LogP contribution < -0.4 is 9.62 Å². The van der Waals surface area contributed by atoms with Crippen molar-refractivity contribution >= 4 is 44.8 Å². The highest BCUT2D eigenvalue weighted by Crippen LogP contribution is 2.28. The molecule has 0 radical (unpaired) electrons. The average molecular weight is 418 g/mol. The summed E-state index contributed by atoms with van der Waals surface area (Å²) in [6.07, 6.45) is 0. The maximum Gasteiger partial charge on any atom is 0.328 e. The van der Waals surface area contributed by atoms with E-state index in [-0.39, 0.29) is 5.76 Å². The fourth-order valence-electron chi connectivity index (χ4n) is 3.20. The summed E-state index contributed by atoms with van der Waals surface area (Å²) >= 11 is -1.82. The molecule has 8 heteroatoms. The number of rotatable bonds is 4. The summed E-state index contributed by atoms with van der Waals surface area (Å²) in [6.45, 7) is 1.85. The van der Waals surface area contributed by atoms with Crippen LogP contribution in [-0.4, -0.2) is 29.5 Å². The summed E-state index contributed by atoms with van der Waals surface area (Å²) < 4.78 is 21.0. The molecule has 1 atom stereocenters. The highest BCUT2D eigenvalue weighted by atomic mass is 32.2. The molecule has 1 N–H and O–H groups in total. The molecule has 150 valence electrons. The number of furan rings is 1. The third-order valence-electron chi connectivity index (χ3n) is 4.67. The first-order valence-corrected chi connectivity index (χ1v) is 10.3. The van der Waals surface area contributed by atoms with E-state index in [4.69, 9.17) is 4.42 Å². The number of aromatic nitrogens is 1. The lowest BCUT2D eigenvalue weighted by molar-refractivity contribution is 0.0956. The Hall–Kier alpha value is -3.54. The normalized spacial score (nSPS) is 12.0. The Morgan fingerprint density at radius 1 is 1.20 bits per heavy atom. The number of nitrogens with one attached hydrogen (secondary N) is 1. The first kappa shape index (κ1) is 19.8. The molecule has 2 heterocycles. The van der Waals surface area contributed by atoms with Gasteiger partial charge in [-0.15, -0.1) is 0 Å². The van der Waals surface area contributed by atoms with Gasteiger partial charge in [-0.05, 0) is 31.2 Å². The number of carbonyl (C=O) groups excluding carboxylic acids is 1. The van der Waals surface area contributed by atoms with E-state index in [1.165, 1.54) is 6.07 Å². The second kappa shape index (κ2) is 7.71. The largest absolute Gasteiger partial charge is 0.588 e. The van der Waals surface area contributed by atoms with Crippen LogP contribution >= 0.6 is 0 Å². The molecule has 0 fully saturated rings. The SMILES string of the molecule is Cc1ccc2cccc([S+]([O-])NC(=O)c3cc4cc(C#N)c(N(C)C)cc4o3)c2n1. The van der Waals surface area contributed by atoms with Crippen molar-refractivity contribution in [3.05, 3.63) is 65.5 Å². The summed E-state index contributed by atoms with van der Waals surface area (Å²) in [5.74, 6) is -0.596. The molecule has 7 nitrogen and oxygen atoms in total. The van der Waals surface area contributed by atoms with Gasteiger partial charge in [0.1, 0.15) is 28.5 Å². The summed E-state index contributed by atoms with van der Waals surface area (Å²) in [4.78, 5) is 19.3. The molecule has 0 aliphatic carbocycles. The van der Waals surface area contributed by atoms with Crippen molar-refractivity contribution in [3.63, 3.8) is 0 Å². The minimum atomic E-state index is -1.82.